The van der Waals surface area contributed by atoms with Crippen LogP contribution in [0.1, 0.15) is 26.3 Å². The third-order valence-electron chi connectivity index (χ3n) is 2.83. The summed E-state index contributed by atoms with van der Waals surface area (Å²) >= 11 is 0. The van der Waals surface area contributed by atoms with Crippen LogP contribution in [0, 0.1) is 0 Å². The molecule has 0 aliphatic heterocycles. The highest BCUT2D eigenvalue weighted by Crippen LogP contribution is 2.25. The molecule has 0 radical (unpaired) electrons. The van der Waals surface area contributed by atoms with Crippen LogP contribution in [0.4, 0.5) is 0 Å². The van der Waals surface area contributed by atoms with Crippen LogP contribution in [0.3, 0.4) is 0 Å². The fraction of sp³-hybridized carbons (Fsp3) is 0.375. The number of aromatic nitrogens is 1. The molecule has 1 aromatic heterocycles. The summed E-state index contributed by atoms with van der Waals surface area (Å²) in [5.41, 5.74) is 1.63. The Hall–Kier alpha value is -2.90. The Morgan fingerprint density at radius 1 is 1.25 bits per heavy atom. The number of carbonyl (C=O) groups is 1. The minimum absolute atomic E-state index is 0.134. The van der Waals surface area contributed by atoms with Crippen molar-refractivity contribution < 1.29 is 23.9 Å². The molecule has 0 saturated heterocycles. The second kappa shape index (κ2) is 9.98. The smallest absolute Gasteiger partial charge is 0.341 e. The first-order chi connectivity index (χ1) is 11.5. The van der Waals surface area contributed by atoms with Gasteiger partial charge in [0.05, 0.1) is 26.0 Å². The summed E-state index contributed by atoms with van der Waals surface area (Å²) in [4.78, 5) is 26.3. The van der Waals surface area contributed by atoms with E-state index in [9.17, 15) is 4.79 Å². The van der Waals surface area contributed by atoms with E-state index >= 15 is 0 Å². The quantitative estimate of drug-likeness (QED) is 0.238. The van der Waals surface area contributed by atoms with Crippen molar-refractivity contribution in [3.05, 3.63) is 30.2 Å². The number of rotatable bonds is 8. The summed E-state index contributed by atoms with van der Waals surface area (Å²) in [7, 11) is 2.70. The van der Waals surface area contributed by atoms with Crippen molar-refractivity contribution in [3.8, 4) is 5.88 Å². The summed E-state index contributed by atoms with van der Waals surface area (Å²) in [6.07, 6.45) is 2.78. The van der Waals surface area contributed by atoms with Crippen molar-refractivity contribution in [1.29, 1.82) is 0 Å². The number of methoxy groups -OCH3 is 2. The average molecular weight is 335 g/mol. The number of oxime groups is 2. The van der Waals surface area contributed by atoms with Gasteiger partial charge < -0.3 is 19.1 Å². The standard InChI is InChI=1S/C16H21N3O5/c1-6-23-18-11(2)12(3)19-24-15-13(8-7-9-17-15)14(10-21-4)16(20)22-5/h7-10H,6H2,1-5H3/b14-10+,18-11+,19-12+. The highest BCUT2D eigenvalue weighted by Gasteiger charge is 2.19. The second-order valence-corrected chi connectivity index (χ2v) is 4.48. The zero-order valence-electron chi connectivity index (χ0n) is 14.4. The van der Waals surface area contributed by atoms with Gasteiger partial charge >= 0.3 is 5.97 Å². The van der Waals surface area contributed by atoms with Gasteiger partial charge in [0.25, 0.3) is 5.88 Å². The number of ether oxygens (including phenoxy) is 2. The fourth-order valence-electron chi connectivity index (χ4n) is 1.52. The molecule has 1 heterocycles. The number of carbonyl (C=O) groups excluding carboxylic acids is 1. The predicted octanol–water partition coefficient (Wildman–Crippen LogP) is 2.41. The van der Waals surface area contributed by atoms with Crippen molar-refractivity contribution in [2.24, 2.45) is 10.3 Å². The Kier molecular flexibility index (Phi) is 7.97. The van der Waals surface area contributed by atoms with E-state index in [2.05, 4.69) is 15.3 Å². The maximum Gasteiger partial charge on any atom is 0.341 e. The molecule has 0 fully saturated rings. The Morgan fingerprint density at radius 2 is 1.96 bits per heavy atom. The zero-order chi connectivity index (χ0) is 17.9. The van der Waals surface area contributed by atoms with Gasteiger partial charge in [0, 0.05) is 6.20 Å². The first-order valence-corrected chi connectivity index (χ1v) is 7.20. The monoisotopic (exact) mass is 335 g/mol. The molecule has 0 atom stereocenters. The van der Waals surface area contributed by atoms with Gasteiger partial charge in [-0.3, -0.25) is 0 Å². The van der Waals surface area contributed by atoms with Gasteiger partial charge in [-0.1, -0.05) is 10.3 Å². The lowest BCUT2D eigenvalue weighted by atomic mass is 10.1. The molecule has 0 spiro atoms. The summed E-state index contributed by atoms with van der Waals surface area (Å²) in [6, 6.07) is 3.31. The summed E-state index contributed by atoms with van der Waals surface area (Å²) in [5.74, 6) is -0.445. The minimum atomic E-state index is -0.579. The molecule has 0 aliphatic rings. The van der Waals surface area contributed by atoms with Crippen molar-refractivity contribution in [2.45, 2.75) is 20.8 Å². The van der Waals surface area contributed by atoms with Gasteiger partial charge in [-0.25, -0.2) is 9.78 Å². The zero-order valence-corrected chi connectivity index (χ0v) is 14.4. The lowest BCUT2D eigenvalue weighted by Gasteiger charge is -2.09. The van der Waals surface area contributed by atoms with E-state index in [4.69, 9.17) is 19.1 Å². The van der Waals surface area contributed by atoms with E-state index in [0.717, 1.165) is 0 Å². The van der Waals surface area contributed by atoms with Gasteiger partial charge in [-0.2, -0.15) is 0 Å². The largest absolute Gasteiger partial charge is 0.503 e. The highest BCUT2D eigenvalue weighted by molar-refractivity contribution is 6.40. The van der Waals surface area contributed by atoms with Crippen LogP contribution in [-0.4, -0.2) is 43.2 Å². The summed E-state index contributed by atoms with van der Waals surface area (Å²) in [6.45, 7) is 5.74. The molecule has 8 heteroatoms. The van der Waals surface area contributed by atoms with E-state index in [-0.39, 0.29) is 11.5 Å². The summed E-state index contributed by atoms with van der Waals surface area (Å²) in [5, 5.41) is 7.82. The van der Waals surface area contributed by atoms with Gasteiger partial charge in [0.2, 0.25) is 0 Å². The molecule has 1 aromatic rings. The van der Waals surface area contributed by atoms with Crippen molar-refractivity contribution in [1.82, 2.24) is 4.98 Å². The van der Waals surface area contributed by atoms with Gasteiger partial charge in [0.1, 0.15) is 23.6 Å². The molecule has 8 nitrogen and oxygen atoms in total. The number of pyridine rings is 1. The number of hydrogen-bond acceptors (Lipinski definition) is 8. The maximum absolute atomic E-state index is 11.9. The van der Waals surface area contributed by atoms with Crippen LogP contribution < -0.4 is 4.84 Å². The molecule has 0 aromatic carbocycles. The van der Waals surface area contributed by atoms with E-state index < -0.39 is 5.97 Å². The molecule has 0 saturated carbocycles. The lowest BCUT2D eigenvalue weighted by Crippen LogP contribution is -2.10. The fourth-order valence-corrected chi connectivity index (χ4v) is 1.52. The summed E-state index contributed by atoms with van der Waals surface area (Å²) < 4.78 is 9.67. The van der Waals surface area contributed by atoms with Crippen LogP contribution in [0.25, 0.3) is 5.57 Å². The number of nitrogens with zero attached hydrogens (tertiary/aromatic N) is 3. The normalized spacial score (nSPS) is 12.6. The lowest BCUT2D eigenvalue weighted by molar-refractivity contribution is -0.133. The second-order valence-electron chi connectivity index (χ2n) is 4.48. The Balaban J connectivity index is 3.10. The molecule has 130 valence electrons. The van der Waals surface area contributed by atoms with Crippen LogP contribution >= 0.6 is 0 Å². The van der Waals surface area contributed by atoms with Crippen LogP contribution in [-0.2, 0) is 19.1 Å². The van der Waals surface area contributed by atoms with E-state index in [1.54, 1.807) is 26.0 Å². The number of esters is 1. The Morgan fingerprint density at radius 3 is 2.58 bits per heavy atom. The molecule has 24 heavy (non-hydrogen) atoms. The third-order valence-corrected chi connectivity index (χ3v) is 2.83. The molecule has 0 unspecified atom stereocenters. The van der Waals surface area contributed by atoms with Crippen molar-refractivity contribution in [3.63, 3.8) is 0 Å². The van der Waals surface area contributed by atoms with E-state index in [0.29, 0.717) is 23.6 Å². The average Bonchev–Trinajstić information content (AvgIpc) is 2.61. The van der Waals surface area contributed by atoms with Gasteiger partial charge in [-0.05, 0) is 32.9 Å². The molecular formula is C16H21N3O5. The van der Waals surface area contributed by atoms with Crippen LogP contribution in [0.15, 0.2) is 34.9 Å². The first-order valence-electron chi connectivity index (χ1n) is 7.20. The molecule has 0 amide bonds. The van der Waals surface area contributed by atoms with Crippen molar-refractivity contribution >= 4 is 23.0 Å². The highest BCUT2D eigenvalue weighted by atomic mass is 16.6. The molecule has 0 bridgehead atoms. The predicted molar refractivity (Wildman–Crippen MR) is 89.7 cm³/mol. The molecular weight excluding hydrogens is 314 g/mol. The Labute approximate surface area is 140 Å². The van der Waals surface area contributed by atoms with Crippen LogP contribution in [0.5, 0.6) is 5.88 Å². The molecule has 0 aliphatic carbocycles. The van der Waals surface area contributed by atoms with Crippen molar-refractivity contribution in [2.75, 3.05) is 20.8 Å². The van der Waals surface area contributed by atoms with Gasteiger partial charge in [-0.15, -0.1) is 0 Å². The first kappa shape index (κ1) is 19.1. The molecule has 1 rings (SSSR count). The number of hydrogen-bond donors (Lipinski definition) is 0. The van der Waals surface area contributed by atoms with E-state index in [1.165, 1.54) is 26.7 Å². The topological polar surface area (TPSA) is 91.6 Å². The minimum Gasteiger partial charge on any atom is -0.503 e. The van der Waals surface area contributed by atoms with Crippen LogP contribution in [0.2, 0.25) is 0 Å². The Bertz CT molecular complexity index is 653. The maximum atomic E-state index is 11.9. The third kappa shape index (κ3) is 5.38. The molecule has 0 N–H and O–H groups in total. The van der Waals surface area contributed by atoms with Gasteiger partial charge in [0.15, 0.2) is 0 Å². The SMILES string of the molecule is CCO/N=C(C)/C(C)=N/Oc1ncccc1/C(=C\OC)C(=O)OC. The van der Waals surface area contributed by atoms with E-state index in [1.807, 2.05) is 6.92 Å².